The summed E-state index contributed by atoms with van der Waals surface area (Å²) < 4.78 is 0. The van der Waals surface area contributed by atoms with Crippen LogP contribution in [0.5, 0.6) is 0 Å². The molecule has 4 heteroatoms. The topological polar surface area (TPSA) is 46.1 Å². The average molecular weight is 311 g/mol. The molecule has 1 fully saturated rings. The highest BCUT2D eigenvalue weighted by Gasteiger charge is 2.27. The maximum atomic E-state index is 12.3. The molecule has 0 saturated carbocycles. The molecule has 1 aliphatic rings. The number of likely N-dealkylation sites (tertiary alicyclic amines) is 1. The van der Waals surface area contributed by atoms with Crippen molar-refractivity contribution in [1.29, 1.82) is 0 Å². The zero-order valence-corrected chi connectivity index (χ0v) is 14.2. The summed E-state index contributed by atoms with van der Waals surface area (Å²) in [4.78, 5) is 23.4. The Kier molecular flexibility index (Phi) is 4.33. The molecular weight excluding hydrogens is 286 g/mol. The Morgan fingerprint density at radius 3 is 2.65 bits per heavy atom. The fourth-order valence-electron chi connectivity index (χ4n) is 3.19. The van der Waals surface area contributed by atoms with Crippen LogP contribution in [0.3, 0.4) is 0 Å². The Labute approximate surface area is 137 Å². The predicted octanol–water partition coefficient (Wildman–Crippen LogP) is 3.77. The van der Waals surface area contributed by atoms with Gasteiger partial charge >= 0.3 is 0 Å². The van der Waals surface area contributed by atoms with Gasteiger partial charge in [0, 0.05) is 42.7 Å². The quantitative estimate of drug-likeness (QED) is 0.848. The fraction of sp³-hybridized carbons (Fsp3) is 0.526. The van der Waals surface area contributed by atoms with Crippen molar-refractivity contribution in [3.63, 3.8) is 0 Å². The van der Waals surface area contributed by atoms with Gasteiger partial charge in [0.25, 0.3) is 0 Å². The van der Waals surface area contributed by atoms with Crippen molar-refractivity contribution >= 4 is 16.9 Å². The van der Waals surface area contributed by atoms with Crippen LogP contribution in [0.2, 0.25) is 0 Å². The van der Waals surface area contributed by atoms with Gasteiger partial charge in [0.1, 0.15) is 0 Å². The van der Waals surface area contributed by atoms with Crippen LogP contribution in [-0.2, 0) is 4.79 Å². The molecule has 23 heavy (non-hydrogen) atoms. The van der Waals surface area contributed by atoms with E-state index in [0.717, 1.165) is 42.7 Å². The van der Waals surface area contributed by atoms with Gasteiger partial charge in [0.15, 0.2) is 5.65 Å². The Hall–Kier alpha value is -1.97. The molecule has 122 valence electrons. The van der Waals surface area contributed by atoms with Gasteiger partial charge < -0.3 is 4.90 Å². The average Bonchev–Trinajstić information content (AvgIpc) is 2.53. The molecule has 3 rings (SSSR count). The molecule has 2 aromatic heterocycles. The normalized spacial score (nSPS) is 16.7. The molecule has 0 N–H and O–H groups in total. The second-order valence-corrected chi connectivity index (χ2v) is 7.68. The van der Waals surface area contributed by atoms with E-state index in [2.05, 4.69) is 37.9 Å². The third-order valence-corrected chi connectivity index (χ3v) is 4.43. The van der Waals surface area contributed by atoms with Crippen molar-refractivity contribution in [1.82, 2.24) is 14.9 Å². The lowest BCUT2D eigenvalue weighted by atomic mass is 9.89. The van der Waals surface area contributed by atoms with E-state index in [1.165, 1.54) is 0 Å². The zero-order chi connectivity index (χ0) is 16.4. The molecule has 0 atom stereocenters. The first kappa shape index (κ1) is 15.9. The molecule has 1 saturated heterocycles. The largest absolute Gasteiger partial charge is 0.343 e. The van der Waals surface area contributed by atoms with Gasteiger partial charge in [-0.25, -0.2) is 9.97 Å². The highest BCUT2D eigenvalue weighted by molar-refractivity contribution is 5.77. The van der Waals surface area contributed by atoms with Gasteiger partial charge in [-0.3, -0.25) is 4.79 Å². The van der Waals surface area contributed by atoms with Crippen LogP contribution in [0.25, 0.3) is 11.0 Å². The molecule has 2 aromatic rings. The number of carbonyl (C=O) groups excluding carboxylic acids is 1. The second-order valence-electron chi connectivity index (χ2n) is 7.68. The number of carbonyl (C=O) groups is 1. The van der Waals surface area contributed by atoms with E-state index in [1.807, 2.05) is 17.0 Å². The number of aromatic nitrogens is 2. The monoisotopic (exact) mass is 311 g/mol. The first-order chi connectivity index (χ1) is 10.9. The minimum absolute atomic E-state index is 0.0551. The zero-order valence-electron chi connectivity index (χ0n) is 14.2. The summed E-state index contributed by atoms with van der Waals surface area (Å²) in [5.74, 6) is 0.712. The number of nitrogens with zero attached hydrogens (tertiary/aromatic N) is 3. The van der Waals surface area contributed by atoms with E-state index in [9.17, 15) is 4.79 Å². The summed E-state index contributed by atoms with van der Waals surface area (Å²) in [7, 11) is 0. The smallest absolute Gasteiger partial charge is 0.223 e. The molecule has 1 amide bonds. The van der Waals surface area contributed by atoms with Crippen LogP contribution >= 0.6 is 0 Å². The summed E-state index contributed by atoms with van der Waals surface area (Å²) in [6.07, 6.45) is 4.38. The number of piperidine rings is 1. The summed E-state index contributed by atoms with van der Waals surface area (Å²) >= 11 is 0. The van der Waals surface area contributed by atoms with Gasteiger partial charge in [-0.1, -0.05) is 20.8 Å². The Bertz CT molecular complexity index is 697. The highest BCUT2D eigenvalue weighted by atomic mass is 16.2. The number of hydrogen-bond donors (Lipinski definition) is 0. The molecule has 3 heterocycles. The summed E-state index contributed by atoms with van der Waals surface area (Å²) in [6.45, 7) is 8.01. The minimum atomic E-state index is 0.0551. The van der Waals surface area contributed by atoms with E-state index in [4.69, 9.17) is 4.98 Å². The van der Waals surface area contributed by atoms with Gasteiger partial charge in [-0.05, 0) is 42.5 Å². The third-order valence-electron chi connectivity index (χ3n) is 4.43. The van der Waals surface area contributed by atoms with E-state index in [1.54, 1.807) is 6.20 Å². The van der Waals surface area contributed by atoms with Crippen LogP contribution in [-0.4, -0.2) is 33.9 Å². The minimum Gasteiger partial charge on any atom is -0.343 e. The Morgan fingerprint density at radius 2 is 1.96 bits per heavy atom. The molecule has 1 aliphatic heterocycles. The van der Waals surface area contributed by atoms with Crippen LogP contribution in [0.15, 0.2) is 30.5 Å². The Morgan fingerprint density at radius 1 is 1.22 bits per heavy atom. The van der Waals surface area contributed by atoms with Crippen LogP contribution < -0.4 is 0 Å². The molecule has 0 aliphatic carbocycles. The van der Waals surface area contributed by atoms with Crippen molar-refractivity contribution in [3.8, 4) is 0 Å². The maximum Gasteiger partial charge on any atom is 0.223 e. The van der Waals surface area contributed by atoms with E-state index in [-0.39, 0.29) is 11.3 Å². The van der Waals surface area contributed by atoms with Crippen LogP contribution in [0.4, 0.5) is 0 Å². The third kappa shape index (κ3) is 3.87. The summed E-state index contributed by atoms with van der Waals surface area (Å²) in [5.41, 5.74) is 1.98. The number of rotatable bonds is 2. The van der Waals surface area contributed by atoms with Crippen LogP contribution in [0, 0.1) is 5.41 Å². The van der Waals surface area contributed by atoms with Gasteiger partial charge in [0.05, 0.1) is 0 Å². The first-order valence-electron chi connectivity index (χ1n) is 8.42. The summed E-state index contributed by atoms with van der Waals surface area (Å²) in [5, 5.41) is 1.08. The highest BCUT2D eigenvalue weighted by Crippen LogP contribution is 2.29. The number of amides is 1. The first-order valence-corrected chi connectivity index (χ1v) is 8.42. The molecule has 0 bridgehead atoms. The lowest BCUT2D eigenvalue weighted by Crippen LogP contribution is -2.39. The molecule has 0 unspecified atom stereocenters. The lowest BCUT2D eigenvalue weighted by molar-refractivity contribution is -0.134. The molecular formula is C19H25N3O. The molecule has 4 nitrogen and oxygen atoms in total. The van der Waals surface area contributed by atoms with Crippen molar-refractivity contribution in [3.05, 3.63) is 36.2 Å². The van der Waals surface area contributed by atoms with Crippen LogP contribution in [0.1, 0.15) is 51.6 Å². The van der Waals surface area contributed by atoms with Crippen molar-refractivity contribution < 1.29 is 4.79 Å². The molecule has 0 spiro atoms. The second kappa shape index (κ2) is 6.26. The van der Waals surface area contributed by atoms with Gasteiger partial charge in [-0.15, -0.1) is 0 Å². The SMILES string of the molecule is CC(C)(C)CC(=O)N1CCC(c2ccc3cccnc3n2)CC1. The number of hydrogen-bond acceptors (Lipinski definition) is 3. The number of fused-ring (bicyclic) bond motifs is 1. The van der Waals surface area contributed by atoms with Gasteiger partial charge in [0.2, 0.25) is 5.91 Å². The van der Waals surface area contributed by atoms with Crippen molar-refractivity contribution in [2.45, 2.75) is 46.0 Å². The van der Waals surface area contributed by atoms with E-state index >= 15 is 0 Å². The maximum absolute atomic E-state index is 12.3. The Balaban J connectivity index is 1.65. The lowest BCUT2D eigenvalue weighted by Gasteiger charge is -2.33. The fourth-order valence-corrected chi connectivity index (χ4v) is 3.19. The van der Waals surface area contributed by atoms with Crippen molar-refractivity contribution in [2.24, 2.45) is 5.41 Å². The van der Waals surface area contributed by atoms with E-state index < -0.39 is 0 Å². The molecule has 0 aromatic carbocycles. The van der Waals surface area contributed by atoms with Crippen molar-refractivity contribution in [2.75, 3.05) is 13.1 Å². The van der Waals surface area contributed by atoms with Gasteiger partial charge in [-0.2, -0.15) is 0 Å². The summed E-state index contributed by atoms with van der Waals surface area (Å²) in [6, 6.07) is 8.18. The van der Waals surface area contributed by atoms with E-state index in [0.29, 0.717) is 12.3 Å². The standard InChI is InChI=1S/C19H25N3O/c1-19(2,3)13-17(23)22-11-8-14(9-12-22)16-7-6-15-5-4-10-20-18(15)21-16/h4-7,10,14H,8-9,11-13H2,1-3H3. The number of pyridine rings is 2. The predicted molar refractivity (Wildman–Crippen MR) is 92.2 cm³/mol. The molecule has 0 radical (unpaired) electrons.